The predicted octanol–water partition coefficient (Wildman–Crippen LogP) is 2.48. The second-order valence-electron chi connectivity index (χ2n) is 4.80. The summed E-state index contributed by atoms with van der Waals surface area (Å²) in [6.45, 7) is 0.982. The molecule has 0 spiro atoms. The van der Waals surface area contributed by atoms with Gasteiger partial charge in [0.25, 0.3) is 0 Å². The quantitative estimate of drug-likeness (QED) is 0.812. The average Bonchev–Trinajstić information content (AvgIpc) is 2.38. The summed E-state index contributed by atoms with van der Waals surface area (Å²) in [5, 5.41) is 13.3. The Bertz CT molecular complexity index is 367. The summed E-state index contributed by atoms with van der Waals surface area (Å²) in [4.78, 5) is 7.94. The molecule has 0 bridgehead atoms. The molecule has 0 unspecified atom stereocenters. The summed E-state index contributed by atoms with van der Waals surface area (Å²) in [6, 6.07) is 1.70. The van der Waals surface area contributed by atoms with Crippen molar-refractivity contribution >= 4 is 17.4 Å². The minimum Gasteiger partial charge on any atom is -0.396 e. The van der Waals surface area contributed by atoms with E-state index >= 15 is 0 Å². The van der Waals surface area contributed by atoms with Crippen molar-refractivity contribution in [3.63, 3.8) is 0 Å². The zero-order valence-electron chi connectivity index (χ0n) is 9.82. The van der Waals surface area contributed by atoms with Gasteiger partial charge in [-0.2, -0.15) is 0 Å². The zero-order valence-corrected chi connectivity index (χ0v) is 10.6. The van der Waals surface area contributed by atoms with Gasteiger partial charge in [0.05, 0.1) is 6.61 Å². The molecule has 1 aliphatic rings. The summed E-state index contributed by atoms with van der Waals surface area (Å²) < 4.78 is 0. The van der Waals surface area contributed by atoms with Crippen LogP contribution >= 0.6 is 11.6 Å². The van der Waals surface area contributed by atoms with Gasteiger partial charge < -0.3 is 10.4 Å². The molecule has 0 amide bonds. The van der Waals surface area contributed by atoms with Gasteiger partial charge in [-0.1, -0.05) is 30.9 Å². The van der Waals surface area contributed by atoms with Gasteiger partial charge in [-0.3, -0.25) is 0 Å². The Kier molecular flexibility index (Phi) is 4.18. The molecule has 4 nitrogen and oxygen atoms in total. The third-order valence-corrected chi connectivity index (χ3v) is 3.73. The average molecular weight is 256 g/mol. The first-order valence-electron chi connectivity index (χ1n) is 6.06. The Hall–Kier alpha value is -0.870. The number of hydrogen-bond donors (Lipinski definition) is 2. The van der Waals surface area contributed by atoms with E-state index in [9.17, 15) is 5.11 Å². The standard InChI is InChI=1S/C12H18ClN3O/c13-10-6-11(16-9-15-10)14-7-12(8-17)4-2-1-3-5-12/h6,9,17H,1-5,7-8H2,(H,14,15,16). The van der Waals surface area contributed by atoms with Crippen LogP contribution in [0.5, 0.6) is 0 Å². The monoisotopic (exact) mass is 255 g/mol. The smallest absolute Gasteiger partial charge is 0.134 e. The van der Waals surface area contributed by atoms with Crippen molar-refractivity contribution in [2.24, 2.45) is 5.41 Å². The highest BCUT2D eigenvalue weighted by molar-refractivity contribution is 6.29. The van der Waals surface area contributed by atoms with Crippen molar-refractivity contribution in [1.29, 1.82) is 0 Å². The van der Waals surface area contributed by atoms with Crippen LogP contribution in [-0.2, 0) is 0 Å². The molecule has 1 aliphatic carbocycles. The lowest BCUT2D eigenvalue weighted by molar-refractivity contribution is 0.0943. The second kappa shape index (κ2) is 5.65. The van der Waals surface area contributed by atoms with Crippen LogP contribution in [0, 0.1) is 5.41 Å². The van der Waals surface area contributed by atoms with Crippen molar-refractivity contribution < 1.29 is 5.11 Å². The second-order valence-corrected chi connectivity index (χ2v) is 5.19. The number of rotatable bonds is 4. The third kappa shape index (κ3) is 3.30. The SMILES string of the molecule is OCC1(CNc2cc(Cl)ncn2)CCCCC1. The Labute approximate surface area is 106 Å². The molecule has 0 saturated heterocycles. The number of aliphatic hydroxyl groups excluding tert-OH is 1. The first-order chi connectivity index (χ1) is 8.24. The maximum atomic E-state index is 9.58. The number of nitrogens with zero attached hydrogens (tertiary/aromatic N) is 2. The van der Waals surface area contributed by atoms with Crippen LogP contribution in [0.3, 0.4) is 0 Å². The fourth-order valence-electron chi connectivity index (χ4n) is 2.40. The predicted molar refractivity (Wildman–Crippen MR) is 68.1 cm³/mol. The van der Waals surface area contributed by atoms with Crippen molar-refractivity contribution in [2.45, 2.75) is 32.1 Å². The fraction of sp³-hybridized carbons (Fsp3) is 0.667. The topological polar surface area (TPSA) is 58.0 Å². The van der Waals surface area contributed by atoms with Crippen LogP contribution in [0.25, 0.3) is 0 Å². The van der Waals surface area contributed by atoms with Gasteiger partial charge in [0.2, 0.25) is 0 Å². The Morgan fingerprint density at radius 2 is 2.06 bits per heavy atom. The summed E-state index contributed by atoms with van der Waals surface area (Å²) in [5.41, 5.74) is 0.00960. The van der Waals surface area contributed by atoms with Gasteiger partial charge in [-0.25, -0.2) is 9.97 Å². The van der Waals surface area contributed by atoms with E-state index in [-0.39, 0.29) is 12.0 Å². The van der Waals surface area contributed by atoms with Gasteiger partial charge in [0.15, 0.2) is 0 Å². The van der Waals surface area contributed by atoms with Crippen molar-refractivity contribution in [2.75, 3.05) is 18.5 Å². The number of halogens is 1. The summed E-state index contributed by atoms with van der Waals surface area (Å²) in [5.74, 6) is 0.725. The van der Waals surface area contributed by atoms with Crippen LogP contribution < -0.4 is 5.32 Å². The molecule has 0 aliphatic heterocycles. The van der Waals surface area contributed by atoms with Crippen molar-refractivity contribution in [3.05, 3.63) is 17.5 Å². The molecule has 2 rings (SSSR count). The molecule has 2 N–H and O–H groups in total. The minimum atomic E-state index is 0.00960. The van der Waals surface area contributed by atoms with E-state index < -0.39 is 0 Å². The summed E-state index contributed by atoms with van der Waals surface area (Å²) >= 11 is 5.79. The van der Waals surface area contributed by atoms with Crippen molar-refractivity contribution in [3.8, 4) is 0 Å². The number of aromatic nitrogens is 2. The molecule has 0 atom stereocenters. The highest BCUT2D eigenvalue weighted by atomic mass is 35.5. The summed E-state index contributed by atoms with van der Waals surface area (Å²) in [7, 11) is 0. The number of aliphatic hydroxyl groups is 1. The van der Waals surface area contributed by atoms with Gasteiger partial charge in [-0.15, -0.1) is 0 Å². The van der Waals surface area contributed by atoms with E-state index in [4.69, 9.17) is 11.6 Å². The Balaban J connectivity index is 1.95. The third-order valence-electron chi connectivity index (χ3n) is 3.53. The highest BCUT2D eigenvalue weighted by Crippen LogP contribution is 2.35. The molecule has 1 saturated carbocycles. The molecule has 1 aromatic heterocycles. The lowest BCUT2D eigenvalue weighted by Gasteiger charge is -2.35. The number of nitrogens with one attached hydrogen (secondary N) is 1. The largest absolute Gasteiger partial charge is 0.396 e. The molecule has 0 radical (unpaired) electrons. The van der Waals surface area contributed by atoms with E-state index in [0.717, 1.165) is 25.2 Å². The normalized spacial score (nSPS) is 18.9. The molecule has 94 valence electrons. The molecule has 1 fully saturated rings. The first kappa shape index (κ1) is 12.6. The summed E-state index contributed by atoms with van der Waals surface area (Å²) in [6.07, 6.45) is 7.28. The van der Waals surface area contributed by atoms with Gasteiger partial charge >= 0.3 is 0 Å². The van der Waals surface area contributed by atoms with Gasteiger partial charge in [-0.05, 0) is 12.8 Å². The van der Waals surface area contributed by atoms with E-state index in [1.165, 1.54) is 25.6 Å². The van der Waals surface area contributed by atoms with Crippen LogP contribution in [-0.4, -0.2) is 28.2 Å². The Morgan fingerprint density at radius 1 is 1.29 bits per heavy atom. The van der Waals surface area contributed by atoms with Crippen LogP contribution in [0.2, 0.25) is 5.15 Å². The molecular formula is C12H18ClN3O. The maximum absolute atomic E-state index is 9.58. The number of hydrogen-bond acceptors (Lipinski definition) is 4. The maximum Gasteiger partial charge on any atom is 0.134 e. The molecular weight excluding hydrogens is 238 g/mol. The van der Waals surface area contributed by atoms with E-state index in [1.54, 1.807) is 6.07 Å². The molecule has 5 heteroatoms. The highest BCUT2D eigenvalue weighted by Gasteiger charge is 2.31. The minimum absolute atomic E-state index is 0.00960. The van der Waals surface area contributed by atoms with E-state index in [1.807, 2.05) is 0 Å². The van der Waals surface area contributed by atoms with Crippen LogP contribution in [0.1, 0.15) is 32.1 Å². The van der Waals surface area contributed by atoms with Crippen LogP contribution in [0.4, 0.5) is 5.82 Å². The molecule has 1 aromatic rings. The van der Waals surface area contributed by atoms with Gasteiger partial charge in [0.1, 0.15) is 17.3 Å². The zero-order chi connectivity index (χ0) is 12.1. The molecule has 0 aromatic carbocycles. The molecule has 17 heavy (non-hydrogen) atoms. The fourth-order valence-corrected chi connectivity index (χ4v) is 2.55. The lowest BCUT2D eigenvalue weighted by Crippen LogP contribution is -2.35. The Morgan fingerprint density at radius 3 is 2.71 bits per heavy atom. The van der Waals surface area contributed by atoms with E-state index in [2.05, 4.69) is 15.3 Å². The van der Waals surface area contributed by atoms with Gasteiger partial charge in [0, 0.05) is 18.0 Å². The van der Waals surface area contributed by atoms with Crippen LogP contribution in [0.15, 0.2) is 12.4 Å². The van der Waals surface area contributed by atoms with E-state index in [0.29, 0.717) is 5.15 Å². The lowest BCUT2D eigenvalue weighted by atomic mass is 9.74. The van der Waals surface area contributed by atoms with Crippen molar-refractivity contribution in [1.82, 2.24) is 9.97 Å². The first-order valence-corrected chi connectivity index (χ1v) is 6.44. The number of anilines is 1. The molecule has 1 heterocycles.